The van der Waals surface area contributed by atoms with E-state index in [0.717, 1.165) is 18.4 Å². The molecule has 0 saturated carbocycles. The predicted octanol–water partition coefficient (Wildman–Crippen LogP) is 9.76. The second kappa shape index (κ2) is 9.42. The highest BCUT2D eigenvalue weighted by molar-refractivity contribution is 6.12. The van der Waals surface area contributed by atoms with Crippen LogP contribution in [0.15, 0.2) is 133 Å². The summed E-state index contributed by atoms with van der Waals surface area (Å²) in [5.74, 6) is 0.515. The lowest BCUT2D eigenvalue weighted by atomic mass is 9.63. The molecule has 9 rings (SSSR count). The highest BCUT2D eigenvalue weighted by Crippen LogP contribution is 2.51. The number of fused-ring (bicyclic) bond motifs is 7. The normalized spacial score (nSPS) is 20.5. The van der Waals surface area contributed by atoms with Gasteiger partial charge in [0, 0.05) is 57.4 Å². The molecule has 3 aromatic carbocycles. The van der Waals surface area contributed by atoms with E-state index in [1.807, 2.05) is 18.5 Å². The summed E-state index contributed by atoms with van der Waals surface area (Å²) in [7, 11) is 0. The fraction of sp³-hybridized carbons (Fsp3) is 0.146. The minimum atomic E-state index is -0.160. The van der Waals surface area contributed by atoms with Crippen LogP contribution in [0.2, 0.25) is 0 Å². The molecule has 3 aliphatic rings. The van der Waals surface area contributed by atoms with Crippen molar-refractivity contribution in [3.05, 3.63) is 161 Å². The molecular weight excluding hydrogens is 534 g/mol. The number of nitrogens with zero attached hydrogens (tertiary/aromatic N) is 3. The number of allylic oxidation sites excluding steroid dienone is 6. The Hall–Kier alpha value is -5.15. The zero-order valence-electron chi connectivity index (χ0n) is 25.0. The second-order valence-corrected chi connectivity index (χ2v) is 12.8. The van der Waals surface area contributed by atoms with Gasteiger partial charge in [-0.1, -0.05) is 68.5 Å². The van der Waals surface area contributed by atoms with E-state index in [1.165, 1.54) is 66.7 Å². The molecule has 0 N–H and O–H groups in total. The summed E-state index contributed by atoms with van der Waals surface area (Å²) in [4.78, 5) is 4.54. The van der Waals surface area contributed by atoms with Gasteiger partial charge in [0.2, 0.25) is 0 Å². The first-order valence-electron chi connectivity index (χ1n) is 15.7. The summed E-state index contributed by atoms with van der Waals surface area (Å²) >= 11 is 0. The van der Waals surface area contributed by atoms with Crippen molar-refractivity contribution in [2.45, 2.75) is 32.1 Å². The van der Waals surface area contributed by atoms with Crippen molar-refractivity contribution in [3.63, 3.8) is 0 Å². The second-order valence-electron chi connectivity index (χ2n) is 12.8. The van der Waals surface area contributed by atoms with Crippen molar-refractivity contribution in [2.24, 2.45) is 5.92 Å². The van der Waals surface area contributed by atoms with Crippen LogP contribution in [0, 0.1) is 5.92 Å². The van der Waals surface area contributed by atoms with Crippen LogP contribution in [0.3, 0.4) is 0 Å². The molecule has 0 saturated heterocycles. The van der Waals surface area contributed by atoms with Gasteiger partial charge in [0.15, 0.2) is 0 Å². The van der Waals surface area contributed by atoms with Crippen molar-refractivity contribution in [2.75, 3.05) is 0 Å². The van der Waals surface area contributed by atoms with Crippen LogP contribution in [0.5, 0.6) is 0 Å². The maximum absolute atomic E-state index is 4.54. The highest BCUT2D eigenvalue weighted by Gasteiger charge is 2.41. The molecule has 0 fully saturated rings. The molecule has 3 nitrogen and oxygen atoms in total. The smallest absolute Gasteiger partial charge is 0.0547 e. The molecule has 0 spiro atoms. The van der Waals surface area contributed by atoms with E-state index in [2.05, 4.69) is 143 Å². The quantitative estimate of drug-likeness (QED) is 0.209. The standard InChI is InChI=1S/C41H33N3/c1-27-10-8-14-32(20-27)44-38-16-7-6-15-33(38)36-23-37-35(24-40(36)44)34(29-11-9-18-42-26-29)21-30-22-39-28(25-41(30,37)2)17-19-43(39)31-12-4-3-5-13-31/h3-9,11-24,26-27H,10,25H2,1-2H3. The van der Waals surface area contributed by atoms with Crippen molar-refractivity contribution < 1.29 is 0 Å². The van der Waals surface area contributed by atoms with Gasteiger partial charge in [-0.15, -0.1) is 0 Å². The van der Waals surface area contributed by atoms with Gasteiger partial charge in [0.1, 0.15) is 0 Å². The van der Waals surface area contributed by atoms with Crippen LogP contribution >= 0.6 is 0 Å². The maximum Gasteiger partial charge on any atom is 0.0547 e. The van der Waals surface area contributed by atoms with Crippen LogP contribution in [0.1, 0.15) is 48.2 Å². The molecule has 0 amide bonds. The average molecular weight is 568 g/mol. The van der Waals surface area contributed by atoms with Crippen LogP contribution < -0.4 is 0 Å². The Labute approximate surface area is 257 Å². The third-order valence-electron chi connectivity index (χ3n) is 10.00. The number of para-hydroxylation sites is 2. The Kier molecular flexibility index (Phi) is 5.43. The molecule has 2 atom stereocenters. The zero-order valence-corrected chi connectivity index (χ0v) is 25.0. The van der Waals surface area contributed by atoms with E-state index >= 15 is 0 Å². The Bertz CT molecular complexity index is 2240. The fourth-order valence-corrected chi connectivity index (χ4v) is 7.79. The molecule has 3 heterocycles. The zero-order chi connectivity index (χ0) is 29.4. The number of hydrogen-bond donors (Lipinski definition) is 0. The minimum Gasteiger partial charge on any atom is -0.317 e. The Morgan fingerprint density at radius 3 is 2.57 bits per heavy atom. The number of hydrogen-bond acceptors (Lipinski definition) is 1. The van der Waals surface area contributed by atoms with Gasteiger partial charge in [-0.25, -0.2) is 0 Å². The largest absolute Gasteiger partial charge is 0.317 e. The van der Waals surface area contributed by atoms with Crippen molar-refractivity contribution >= 4 is 39.2 Å². The predicted molar refractivity (Wildman–Crippen MR) is 183 cm³/mol. The molecule has 3 heteroatoms. The van der Waals surface area contributed by atoms with Gasteiger partial charge >= 0.3 is 0 Å². The van der Waals surface area contributed by atoms with Gasteiger partial charge in [-0.3, -0.25) is 4.98 Å². The maximum atomic E-state index is 4.54. The van der Waals surface area contributed by atoms with E-state index in [0.29, 0.717) is 5.92 Å². The number of pyridine rings is 1. The lowest BCUT2D eigenvalue weighted by Crippen LogP contribution is -2.33. The van der Waals surface area contributed by atoms with Crippen molar-refractivity contribution in [3.8, 4) is 5.69 Å². The van der Waals surface area contributed by atoms with Crippen LogP contribution in [-0.2, 0) is 11.8 Å². The molecule has 3 aliphatic carbocycles. The van der Waals surface area contributed by atoms with Gasteiger partial charge < -0.3 is 9.13 Å². The first-order chi connectivity index (χ1) is 21.6. The average Bonchev–Trinajstić information content (AvgIpc) is 3.61. The van der Waals surface area contributed by atoms with E-state index in [-0.39, 0.29) is 5.41 Å². The third kappa shape index (κ3) is 3.65. The molecule has 0 bridgehead atoms. The monoisotopic (exact) mass is 567 g/mol. The molecular formula is C41H33N3. The summed E-state index contributed by atoms with van der Waals surface area (Å²) in [5, 5.41) is 2.61. The van der Waals surface area contributed by atoms with Gasteiger partial charge in [-0.2, -0.15) is 0 Å². The van der Waals surface area contributed by atoms with Crippen molar-refractivity contribution in [1.29, 1.82) is 0 Å². The lowest BCUT2D eigenvalue weighted by Gasteiger charge is -2.40. The van der Waals surface area contributed by atoms with Crippen molar-refractivity contribution in [1.82, 2.24) is 14.1 Å². The van der Waals surface area contributed by atoms with Gasteiger partial charge in [-0.05, 0) is 107 Å². The van der Waals surface area contributed by atoms with E-state index < -0.39 is 0 Å². The highest BCUT2D eigenvalue weighted by atomic mass is 15.0. The molecule has 0 aliphatic heterocycles. The van der Waals surface area contributed by atoms with Gasteiger partial charge in [0.05, 0.1) is 11.0 Å². The van der Waals surface area contributed by atoms with Crippen LogP contribution in [0.4, 0.5) is 0 Å². The van der Waals surface area contributed by atoms with Crippen LogP contribution in [-0.4, -0.2) is 14.1 Å². The molecule has 2 unspecified atom stereocenters. The Balaban J connectivity index is 1.34. The Morgan fingerprint density at radius 1 is 0.864 bits per heavy atom. The molecule has 0 radical (unpaired) electrons. The topological polar surface area (TPSA) is 22.8 Å². The molecule has 3 aromatic heterocycles. The fourth-order valence-electron chi connectivity index (χ4n) is 7.79. The molecule has 44 heavy (non-hydrogen) atoms. The summed E-state index contributed by atoms with van der Waals surface area (Å²) < 4.78 is 4.81. The first-order valence-corrected chi connectivity index (χ1v) is 15.7. The van der Waals surface area contributed by atoms with E-state index in [9.17, 15) is 0 Å². The lowest BCUT2D eigenvalue weighted by molar-refractivity contribution is 0.557. The molecule has 212 valence electrons. The number of benzene rings is 3. The summed E-state index contributed by atoms with van der Waals surface area (Å²) in [6.45, 7) is 4.75. The third-order valence-corrected chi connectivity index (χ3v) is 10.00. The first kappa shape index (κ1) is 25.4. The molecule has 6 aromatic rings. The summed E-state index contributed by atoms with van der Waals surface area (Å²) in [6, 6.07) is 31.1. The summed E-state index contributed by atoms with van der Waals surface area (Å²) in [6.07, 6.45) is 20.0. The van der Waals surface area contributed by atoms with E-state index in [1.54, 1.807) is 0 Å². The Morgan fingerprint density at radius 2 is 1.73 bits per heavy atom. The van der Waals surface area contributed by atoms with Gasteiger partial charge in [0.25, 0.3) is 0 Å². The van der Waals surface area contributed by atoms with E-state index in [4.69, 9.17) is 0 Å². The minimum absolute atomic E-state index is 0.160. The SMILES string of the molecule is CC1C=C(n2c3ccccc3c3cc4c(cc32)C(c2cccnc2)=CC2=Cc3c(ccn3-c3ccccc3)CC24C)C=CC1. The number of rotatable bonds is 3. The number of aromatic nitrogens is 3. The van der Waals surface area contributed by atoms with Crippen LogP contribution in [0.25, 0.3) is 44.8 Å². The summed E-state index contributed by atoms with van der Waals surface area (Å²) in [5.41, 5.74) is 13.9.